The van der Waals surface area contributed by atoms with Crippen LogP contribution in [0.15, 0.2) is 36.5 Å². The van der Waals surface area contributed by atoms with Crippen LogP contribution in [-0.4, -0.2) is 25.5 Å². The number of nitrogens with one attached hydrogen (secondary N) is 1. The van der Waals surface area contributed by atoms with E-state index in [0.29, 0.717) is 18.0 Å². The second-order valence-electron chi connectivity index (χ2n) is 5.95. The number of anilines is 1. The predicted molar refractivity (Wildman–Crippen MR) is 98.3 cm³/mol. The van der Waals surface area contributed by atoms with Gasteiger partial charge < -0.3 is 5.32 Å². The fourth-order valence-electron chi connectivity index (χ4n) is 2.58. The molecule has 0 aliphatic rings. The van der Waals surface area contributed by atoms with Crippen LogP contribution in [0.4, 0.5) is 5.69 Å². The van der Waals surface area contributed by atoms with Crippen molar-refractivity contribution in [2.45, 2.75) is 33.7 Å². The first-order valence-electron chi connectivity index (χ1n) is 8.06. The van der Waals surface area contributed by atoms with Gasteiger partial charge in [-0.05, 0) is 51.1 Å². The Morgan fingerprint density at radius 2 is 1.84 bits per heavy atom. The molecule has 1 aromatic carbocycles. The summed E-state index contributed by atoms with van der Waals surface area (Å²) in [6, 6.07) is 9.52. The van der Waals surface area contributed by atoms with E-state index in [4.69, 9.17) is 11.6 Å². The number of halogens is 1. The topological polar surface area (TPSA) is 64.7 Å². The Kier molecular flexibility index (Phi) is 4.90. The van der Waals surface area contributed by atoms with Crippen LogP contribution in [0.1, 0.15) is 23.5 Å². The summed E-state index contributed by atoms with van der Waals surface area (Å²) in [4.78, 5) is 12.1. The standard InChI is InChI=1S/C18H20ClN5O/c1-12-8-10-24(21-12)16-6-4-15(5-7-16)20-17(25)9-11-23-14(3)18(19)13(2)22-23/h4-8,10H,9,11H2,1-3H3,(H,20,25). The summed E-state index contributed by atoms with van der Waals surface area (Å²) in [7, 11) is 0. The van der Waals surface area contributed by atoms with Gasteiger partial charge in [-0.3, -0.25) is 9.48 Å². The zero-order valence-electron chi connectivity index (χ0n) is 14.5. The fraction of sp³-hybridized carbons (Fsp3) is 0.278. The van der Waals surface area contributed by atoms with Crippen LogP contribution in [0.2, 0.25) is 5.02 Å². The molecule has 3 rings (SSSR count). The Morgan fingerprint density at radius 3 is 2.40 bits per heavy atom. The molecule has 2 heterocycles. The Balaban J connectivity index is 1.58. The second-order valence-corrected chi connectivity index (χ2v) is 6.33. The summed E-state index contributed by atoms with van der Waals surface area (Å²) < 4.78 is 3.56. The van der Waals surface area contributed by atoms with Gasteiger partial charge >= 0.3 is 0 Å². The monoisotopic (exact) mass is 357 g/mol. The van der Waals surface area contributed by atoms with Crippen molar-refractivity contribution in [3.8, 4) is 5.69 Å². The van der Waals surface area contributed by atoms with E-state index >= 15 is 0 Å². The maximum absolute atomic E-state index is 12.1. The SMILES string of the molecule is Cc1ccn(-c2ccc(NC(=O)CCn3nc(C)c(Cl)c3C)cc2)n1. The van der Waals surface area contributed by atoms with Crippen LogP contribution in [0, 0.1) is 20.8 Å². The Bertz CT molecular complexity index is 895. The zero-order chi connectivity index (χ0) is 18.0. The second kappa shape index (κ2) is 7.11. The van der Waals surface area contributed by atoms with Crippen LogP contribution in [-0.2, 0) is 11.3 Å². The molecule has 25 heavy (non-hydrogen) atoms. The third-order valence-electron chi connectivity index (χ3n) is 3.98. The van der Waals surface area contributed by atoms with Crippen LogP contribution in [0.3, 0.4) is 0 Å². The van der Waals surface area contributed by atoms with Gasteiger partial charge in [0.2, 0.25) is 5.91 Å². The maximum atomic E-state index is 12.1. The molecule has 0 saturated carbocycles. The molecular weight excluding hydrogens is 338 g/mol. The molecule has 1 N–H and O–H groups in total. The van der Waals surface area contributed by atoms with Crippen molar-refractivity contribution in [2.24, 2.45) is 0 Å². The first-order chi connectivity index (χ1) is 11.9. The number of hydrogen-bond donors (Lipinski definition) is 1. The molecule has 6 nitrogen and oxygen atoms in total. The van der Waals surface area contributed by atoms with Crippen LogP contribution < -0.4 is 5.32 Å². The highest BCUT2D eigenvalue weighted by Gasteiger charge is 2.10. The van der Waals surface area contributed by atoms with E-state index in [1.165, 1.54) is 0 Å². The molecule has 0 aliphatic heterocycles. The third kappa shape index (κ3) is 3.91. The summed E-state index contributed by atoms with van der Waals surface area (Å²) in [5.74, 6) is -0.0636. The van der Waals surface area contributed by atoms with E-state index in [-0.39, 0.29) is 5.91 Å². The summed E-state index contributed by atoms with van der Waals surface area (Å²) in [5.41, 5.74) is 4.32. The van der Waals surface area contributed by atoms with E-state index in [2.05, 4.69) is 15.5 Å². The highest BCUT2D eigenvalue weighted by molar-refractivity contribution is 6.31. The molecule has 130 valence electrons. The lowest BCUT2D eigenvalue weighted by molar-refractivity contribution is -0.116. The summed E-state index contributed by atoms with van der Waals surface area (Å²) >= 11 is 6.12. The number of rotatable bonds is 5. The van der Waals surface area contributed by atoms with Gasteiger partial charge in [-0.1, -0.05) is 11.6 Å². The van der Waals surface area contributed by atoms with Crippen molar-refractivity contribution in [1.82, 2.24) is 19.6 Å². The van der Waals surface area contributed by atoms with Gasteiger partial charge in [0.25, 0.3) is 0 Å². The van der Waals surface area contributed by atoms with Gasteiger partial charge in [-0.2, -0.15) is 10.2 Å². The minimum atomic E-state index is -0.0636. The summed E-state index contributed by atoms with van der Waals surface area (Å²) in [5, 5.41) is 12.2. The van der Waals surface area contributed by atoms with E-state index in [9.17, 15) is 4.79 Å². The number of benzene rings is 1. The molecule has 3 aromatic rings. The predicted octanol–water partition coefficient (Wildman–Crippen LogP) is 3.68. The molecule has 0 fully saturated rings. The molecule has 0 aliphatic carbocycles. The van der Waals surface area contributed by atoms with Crippen molar-refractivity contribution in [1.29, 1.82) is 0 Å². The van der Waals surface area contributed by atoms with E-state index in [0.717, 1.165) is 28.5 Å². The number of aromatic nitrogens is 4. The average Bonchev–Trinajstić information content (AvgIpc) is 3.13. The van der Waals surface area contributed by atoms with E-state index in [1.54, 1.807) is 9.36 Å². The van der Waals surface area contributed by atoms with Gasteiger partial charge in [-0.25, -0.2) is 4.68 Å². The Labute approximate surface area is 151 Å². The molecule has 1 amide bonds. The van der Waals surface area contributed by atoms with Crippen LogP contribution >= 0.6 is 11.6 Å². The summed E-state index contributed by atoms with van der Waals surface area (Å²) in [6.07, 6.45) is 2.24. The minimum absolute atomic E-state index is 0.0636. The van der Waals surface area contributed by atoms with Gasteiger partial charge in [0.05, 0.1) is 34.3 Å². The normalized spacial score (nSPS) is 10.9. The molecule has 0 radical (unpaired) electrons. The average molecular weight is 358 g/mol. The molecule has 2 aromatic heterocycles. The van der Waals surface area contributed by atoms with Crippen molar-refractivity contribution < 1.29 is 4.79 Å². The smallest absolute Gasteiger partial charge is 0.226 e. The maximum Gasteiger partial charge on any atom is 0.226 e. The number of carbonyl (C=O) groups excluding carboxylic acids is 1. The van der Waals surface area contributed by atoms with Crippen molar-refractivity contribution in [3.63, 3.8) is 0 Å². The Hall–Kier alpha value is -2.60. The first kappa shape index (κ1) is 17.2. The quantitative estimate of drug-likeness (QED) is 0.757. The van der Waals surface area contributed by atoms with Crippen LogP contribution in [0.25, 0.3) is 5.69 Å². The van der Waals surface area contributed by atoms with Crippen molar-refractivity contribution >= 4 is 23.2 Å². The number of amides is 1. The van der Waals surface area contributed by atoms with Crippen LogP contribution in [0.5, 0.6) is 0 Å². The van der Waals surface area contributed by atoms with Gasteiger partial charge in [-0.15, -0.1) is 0 Å². The molecule has 0 bridgehead atoms. The highest BCUT2D eigenvalue weighted by atomic mass is 35.5. The molecule has 7 heteroatoms. The molecule has 0 atom stereocenters. The van der Waals surface area contributed by atoms with Crippen molar-refractivity contribution in [2.75, 3.05) is 5.32 Å². The van der Waals surface area contributed by atoms with Gasteiger partial charge in [0, 0.05) is 18.3 Å². The summed E-state index contributed by atoms with van der Waals surface area (Å²) in [6.45, 7) is 6.20. The zero-order valence-corrected chi connectivity index (χ0v) is 15.2. The molecule has 0 spiro atoms. The minimum Gasteiger partial charge on any atom is -0.326 e. The lowest BCUT2D eigenvalue weighted by atomic mass is 10.2. The van der Waals surface area contributed by atoms with Crippen molar-refractivity contribution in [3.05, 3.63) is 58.6 Å². The lowest BCUT2D eigenvalue weighted by Crippen LogP contribution is -2.15. The number of nitrogens with zero attached hydrogens (tertiary/aromatic N) is 4. The number of hydrogen-bond acceptors (Lipinski definition) is 3. The molecule has 0 saturated heterocycles. The lowest BCUT2D eigenvalue weighted by Gasteiger charge is -2.08. The Morgan fingerprint density at radius 1 is 1.12 bits per heavy atom. The first-order valence-corrected chi connectivity index (χ1v) is 8.44. The number of carbonyl (C=O) groups is 1. The molecular formula is C18H20ClN5O. The molecule has 0 unspecified atom stereocenters. The van der Waals surface area contributed by atoms with E-state index < -0.39 is 0 Å². The highest BCUT2D eigenvalue weighted by Crippen LogP contribution is 2.19. The fourth-order valence-corrected chi connectivity index (χ4v) is 2.72. The number of aryl methyl sites for hydroxylation is 3. The van der Waals surface area contributed by atoms with E-state index in [1.807, 2.05) is 57.3 Å². The largest absolute Gasteiger partial charge is 0.326 e. The van der Waals surface area contributed by atoms with Gasteiger partial charge in [0.15, 0.2) is 0 Å². The van der Waals surface area contributed by atoms with Gasteiger partial charge in [0.1, 0.15) is 0 Å². The third-order valence-corrected chi connectivity index (χ3v) is 4.53.